The number of nitriles is 1. The van der Waals surface area contributed by atoms with E-state index in [0.29, 0.717) is 23.2 Å². The lowest BCUT2D eigenvalue weighted by Gasteiger charge is -2.15. The summed E-state index contributed by atoms with van der Waals surface area (Å²) in [7, 11) is 0. The Morgan fingerprint density at radius 1 is 0.966 bits per heavy atom. The van der Waals surface area contributed by atoms with E-state index in [0.717, 1.165) is 11.1 Å². The molecule has 0 spiro atoms. The number of benzene rings is 3. The lowest BCUT2D eigenvalue weighted by Crippen LogP contribution is -2.30. The van der Waals surface area contributed by atoms with Gasteiger partial charge in [0.2, 0.25) is 0 Å². The van der Waals surface area contributed by atoms with Gasteiger partial charge in [-0.1, -0.05) is 60.7 Å². The van der Waals surface area contributed by atoms with Gasteiger partial charge in [-0.05, 0) is 42.7 Å². The summed E-state index contributed by atoms with van der Waals surface area (Å²) < 4.78 is 5.39. The lowest BCUT2D eigenvalue weighted by atomic mass is 10.00. The highest BCUT2D eigenvalue weighted by molar-refractivity contribution is 5.98. The standard InChI is InChI=1S/C24H20N2O3/c1-17(23(27)26-22-14-8-6-12-20(22)16-25)29-24(28)21-13-7-5-11-19(21)15-18-9-3-2-4-10-18/h2-14,17H,15H2,1H3,(H,26,27). The van der Waals surface area contributed by atoms with Gasteiger partial charge in [-0.3, -0.25) is 4.79 Å². The van der Waals surface area contributed by atoms with Crippen LogP contribution in [0.15, 0.2) is 78.9 Å². The summed E-state index contributed by atoms with van der Waals surface area (Å²) in [4.78, 5) is 25.1. The van der Waals surface area contributed by atoms with Crippen molar-refractivity contribution >= 4 is 17.6 Å². The molecule has 0 heterocycles. The summed E-state index contributed by atoms with van der Waals surface area (Å²) in [6.45, 7) is 1.50. The highest BCUT2D eigenvalue weighted by Crippen LogP contribution is 2.17. The van der Waals surface area contributed by atoms with E-state index < -0.39 is 18.0 Å². The molecule has 0 bridgehead atoms. The number of para-hydroxylation sites is 1. The number of esters is 1. The maximum absolute atomic E-state index is 12.7. The molecule has 3 aromatic rings. The number of ether oxygens (including phenoxy) is 1. The van der Waals surface area contributed by atoms with E-state index in [1.54, 1.807) is 36.4 Å². The predicted octanol–water partition coefficient (Wildman–Crippen LogP) is 4.33. The molecule has 0 aliphatic rings. The Kier molecular flexibility index (Phi) is 6.39. The Morgan fingerprint density at radius 3 is 2.38 bits per heavy atom. The quantitative estimate of drug-likeness (QED) is 0.642. The van der Waals surface area contributed by atoms with E-state index >= 15 is 0 Å². The number of nitrogens with one attached hydrogen (secondary N) is 1. The van der Waals surface area contributed by atoms with E-state index in [1.165, 1.54) is 6.92 Å². The van der Waals surface area contributed by atoms with Gasteiger partial charge in [-0.15, -0.1) is 0 Å². The van der Waals surface area contributed by atoms with Crippen LogP contribution >= 0.6 is 0 Å². The first-order valence-electron chi connectivity index (χ1n) is 9.21. The molecule has 0 fully saturated rings. The lowest BCUT2D eigenvalue weighted by molar-refractivity contribution is -0.123. The fourth-order valence-electron chi connectivity index (χ4n) is 2.89. The van der Waals surface area contributed by atoms with Gasteiger partial charge < -0.3 is 10.1 Å². The summed E-state index contributed by atoms with van der Waals surface area (Å²) >= 11 is 0. The minimum atomic E-state index is -1.01. The number of hydrogen-bond acceptors (Lipinski definition) is 4. The van der Waals surface area contributed by atoms with Crippen LogP contribution in [0.1, 0.15) is 34.0 Å². The van der Waals surface area contributed by atoms with Crippen molar-refractivity contribution in [3.8, 4) is 6.07 Å². The number of carbonyl (C=O) groups is 2. The molecule has 3 aromatic carbocycles. The Bertz CT molecular complexity index is 1050. The molecule has 0 saturated carbocycles. The van der Waals surface area contributed by atoms with Crippen LogP contribution in [0.2, 0.25) is 0 Å². The van der Waals surface area contributed by atoms with E-state index in [9.17, 15) is 9.59 Å². The first-order valence-corrected chi connectivity index (χ1v) is 9.21. The van der Waals surface area contributed by atoms with E-state index in [-0.39, 0.29) is 0 Å². The number of hydrogen-bond donors (Lipinski definition) is 1. The van der Waals surface area contributed by atoms with Crippen LogP contribution in [0.5, 0.6) is 0 Å². The molecule has 5 nitrogen and oxygen atoms in total. The van der Waals surface area contributed by atoms with Crippen molar-refractivity contribution in [1.29, 1.82) is 5.26 Å². The van der Waals surface area contributed by atoms with Gasteiger partial charge in [-0.25, -0.2) is 4.79 Å². The number of carbonyl (C=O) groups excluding carboxylic acids is 2. The van der Waals surface area contributed by atoms with Gasteiger partial charge in [-0.2, -0.15) is 5.26 Å². The van der Waals surface area contributed by atoms with Crippen LogP contribution in [0, 0.1) is 11.3 Å². The number of anilines is 1. The average molecular weight is 384 g/mol. The van der Waals surface area contributed by atoms with Gasteiger partial charge in [0.05, 0.1) is 16.8 Å². The van der Waals surface area contributed by atoms with E-state index in [4.69, 9.17) is 10.00 Å². The van der Waals surface area contributed by atoms with Gasteiger partial charge in [0.15, 0.2) is 6.10 Å². The van der Waals surface area contributed by atoms with Gasteiger partial charge >= 0.3 is 5.97 Å². The van der Waals surface area contributed by atoms with Crippen molar-refractivity contribution in [2.75, 3.05) is 5.32 Å². The van der Waals surface area contributed by atoms with E-state index in [1.807, 2.05) is 48.5 Å². The summed E-state index contributed by atoms with van der Waals surface area (Å²) in [5.41, 5.74) is 3.05. The monoisotopic (exact) mass is 384 g/mol. The predicted molar refractivity (Wildman–Crippen MR) is 110 cm³/mol. The normalized spacial score (nSPS) is 11.2. The summed E-state index contributed by atoms with van der Waals surface area (Å²) in [6.07, 6.45) is -0.429. The first kappa shape index (κ1) is 19.8. The maximum atomic E-state index is 12.7. The zero-order valence-electron chi connectivity index (χ0n) is 16.0. The Labute approximate surface area is 169 Å². The molecular weight excluding hydrogens is 364 g/mol. The molecule has 0 aromatic heterocycles. The van der Waals surface area contributed by atoms with Crippen LogP contribution < -0.4 is 5.32 Å². The van der Waals surface area contributed by atoms with Crippen LogP contribution in [0.3, 0.4) is 0 Å². The van der Waals surface area contributed by atoms with Crippen molar-refractivity contribution in [3.63, 3.8) is 0 Å². The molecule has 0 aliphatic carbocycles. The Hall–Kier alpha value is -3.91. The highest BCUT2D eigenvalue weighted by Gasteiger charge is 2.21. The summed E-state index contributed by atoms with van der Waals surface area (Å²) in [5, 5.41) is 11.8. The summed E-state index contributed by atoms with van der Waals surface area (Å²) in [5.74, 6) is -1.06. The van der Waals surface area contributed by atoms with Crippen LogP contribution in [0.4, 0.5) is 5.69 Å². The van der Waals surface area contributed by atoms with Crippen molar-refractivity contribution in [2.24, 2.45) is 0 Å². The molecule has 0 aliphatic heterocycles. The molecule has 0 saturated heterocycles. The second kappa shape index (κ2) is 9.34. The Morgan fingerprint density at radius 2 is 1.62 bits per heavy atom. The highest BCUT2D eigenvalue weighted by atomic mass is 16.5. The van der Waals surface area contributed by atoms with Crippen LogP contribution in [-0.2, 0) is 16.0 Å². The molecule has 29 heavy (non-hydrogen) atoms. The van der Waals surface area contributed by atoms with Gasteiger partial charge in [0.1, 0.15) is 6.07 Å². The number of rotatable bonds is 6. The molecule has 1 amide bonds. The molecular formula is C24H20N2O3. The minimum Gasteiger partial charge on any atom is -0.449 e. The smallest absolute Gasteiger partial charge is 0.339 e. The molecule has 0 radical (unpaired) electrons. The fraction of sp³-hybridized carbons (Fsp3) is 0.125. The van der Waals surface area contributed by atoms with E-state index in [2.05, 4.69) is 5.32 Å². The molecule has 5 heteroatoms. The average Bonchev–Trinajstić information content (AvgIpc) is 2.75. The zero-order chi connectivity index (χ0) is 20.6. The second-order valence-corrected chi connectivity index (χ2v) is 6.51. The maximum Gasteiger partial charge on any atom is 0.339 e. The minimum absolute atomic E-state index is 0.340. The molecule has 1 unspecified atom stereocenters. The van der Waals surface area contributed by atoms with Crippen molar-refractivity contribution in [1.82, 2.24) is 0 Å². The topological polar surface area (TPSA) is 79.2 Å². The molecule has 144 valence electrons. The Balaban J connectivity index is 1.70. The third-order valence-corrected chi connectivity index (χ3v) is 4.43. The summed E-state index contributed by atoms with van der Waals surface area (Å²) in [6, 6.07) is 25.7. The second-order valence-electron chi connectivity index (χ2n) is 6.51. The molecule has 3 rings (SSSR count). The number of amides is 1. The zero-order valence-corrected chi connectivity index (χ0v) is 16.0. The number of nitrogens with zero attached hydrogens (tertiary/aromatic N) is 1. The van der Waals surface area contributed by atoms with Crippen LogP contribution in [-0.4, -0.2) is 18.0 Å². The van der Waals surface area contributed by atoms with Gasteiger partial charge in [0.25, 0.3) is 5.91 Å². The van der Waals surface area contributed by atoms with Gasteiger partial charge in [0, 0.05) is 0 Å². The SMILES string of the molecule is CC(OC(=O)c1ccccc1Cc1ccccc1)C(=O)Nc1ccccc1C#N. The molecule has 1 atom stereocenters. The van der Waals surface area contributed by atoms with Crippen LogP contribution in [0.25, 0.3) is 0 Å². The molecule has 1 N–H and O–H groups in total. The fourth-order valence-corrected chi connectivity index (χ4v) is 2.89. The third-order valence-electron chi connectivity index (χ3n) is 4.43. The first-order chi connectivity index (χ1) is 14.1. The van der Waals surface area contributed by atoms with Crippen molar-refractivity contribution in [2.45, 2.75) is 19.4 Å². The largest absolute Gasteiger partial charge is 0.449 e. The van der Waals surface area contributed by atoms with Crippen molar-refractivity contribution < 1.29 is 14.3 Å². The third kappa shape index (κ3) is 5.08. The van der Waals surface area contributed by atoms with Crippen molar-refractivity contribution in [3.05, 3.63) is 101 Å².